The number of nitrogens with zero attached hydrogens (tertiary/aromatic N) is 2. The first-order chi connectivity index (χ1) is 9.99. The Morgan fingerprint density at radius 2 is 1.76 bits per heavy atom. The Morgan fingerprint density at radius 3 is 2.33 bits per heavy atom. The predicted molar refractivity (Wildman–Crippen MR) is 77.1 cm³/mol. The van der Waals surface area contributed by atoms with E-state index in [1.54, 1.807) is 19.1 Å². The molecule has 0 aliphatic carbocycles. The van der Waals surface area contributed by atoms with Crippen LogP contribution in [0.1, 0.15) is 5.56 Å². The fraction of sp³-hybridized carbons (Fsp3) is 0.231. The second kappa shape index (κ2) is 5.96. The molecule has 112 valence electrons. The van der Waals surface area contributed by atoms with Crippen molar-refractivity contribution in [3.05, 3.63) is 36.2 Å². The van der Waals surface area contributed by atoms with Gasteiger partial charge in [0.2, 0.25) is 5.95 Å². The van der Waals surface area contributed by atoms with E-state index in [4.69, 9.17) is 9.47 Å². The molecule has 2 rings (SSSR count). The van der Waals surface area contributed by atoms with Crippen molar-refractivity contribution in [3.8, 4) is 11.5 Å². The van der Waals surface area contributed by atoms with Gasteiger partial charge in [0.15, 0.2) is 0 Å². The van der Waals surface area contributed by atoms with Crippen molar-refractivity contribution in [1.82, 2.24) is 9.97 Å². The molecule has 2 aromatic rings. The van der Waals surface area contributed by atoms with E-state index in [2.05, 4.69) is 14.7 Å². The topological polar surface area (TPSA) is 90.4 Å². The largest absolute Gasteiger partial charge is 0.496 e. The summed E-state index contributed by atoms with van der Waals surface area (Å²) < 4.78 is 37.5. The molecule has 1 heterocycles. The Morgan fingerprint density at radius 1 is 1.10 bits per heavy atom. The van der Waals surface area contributed by atoms with Crippen LogP contribution >= 0.6 is 0 Å². The van der Waals surface area contributed by atoms with Gasteiger partial charge in [0, 0.05) is 18.0 Å². The number of benzene rings is 1. The van der Waals surface area contributed by atoms with Gasteiger partial charge in [-0.2, -0.15) is 0 Å². The molecule has 0 radical (unpaired) electrons. The molecule has 0 amide bonds. The van der Waals surface area contributed by atoms with Crippen molar-refractivity contribution in [3.63, 3.8) is 0 Å². The van der Waals surface area contributed by atoms with Crippen LogP contribution in [0.3, 0.4) is 0 Å². The quantitative estimate of drug-likeness (QED) is 0.902. The van der Waals surface area contributed by atoms with Crippen LogP contribution in [0.4, 0.5) is 5.95 Å². The molecule has 1 aromatic heterocycles. The lowest BCUT2D eigenvalue weighted by atomic mass is 10.2. The fourth-order valence-corrected chi connectivity index (χ4v) is 3.05. The zero-order chi connectivity index (χ0) is 15.5. The molecule has 0 saturated carbocycles. The molecule has 1 N–H and O–H groups in total. The number of rotatable bonds is 5. The molecule has 0 unspecified atom stereocenters. The number of nitrogens with one attached hydrogen (secondary N) is 1. The highest BCUT2D eigenvalue weighted by Crippen LogP contribution is 2.34. The van der Waals surface area contributed by atoms with E-state index in [-0.39, 0.29) is 16.6 Å². The molecule has 8 heteroatoms. The standard InChI is InChI=1S/C13H15N3O4S/c1-9-10(19-2)5-6-11(12(9)20-3)21(17,18)16-13-14-7-4-8-15-13/h4-8H,1-3H3,(H,14,15,16). The van der Waals surface area contributed by atoms with Crippen LogP contribution in [-0.4, -0.2) is 32.6 Å². The summed E-state index contributed by atoms with van der Waals surface area (Å²) in [5.41, 5.74) is 0.594. The summed E-state index contributed by atoms with van der Waals surface area (Å²) in [6.07, 6.45) is 2.89. The first-order valence-corrected chi connectivity index (χ1v) is 7.49. The maximum Gasteiger partial charge on any atom is 0.267 e. The van der Waals surface area contributed by atoms with Crippen molar-refractivity contribution < 1.29 is 17.9 Å². The minimum absolute atomic E-state index is 0.00393. The molecule has 0 bridgehead atoms. The highest BCUT2D eigenvalue weighted by atomic mass is 32.2. The number of aromatic nitrogens is 2. The molecule has 0 saturated heterocycles. The zero-order valence-electron chi connectivity index (χ0n) is 11.8. The van der Waals surface area contributed by atoms with Gasteiger partial charge in [0.1, 0.15) is 16.4 Å². The van der Waals surface area contributed by atoms with E-state index in [0.717, 1.165) is 0 Å². The number of ether oxygens (including phenoxy) is 2. The molecule has 0 aliphatic heterocycles. The highest BCUT2D eigenvalue weighted by molar-refractivity contribution is 7.92. The number of anilines is 1. The van der Waals surface area contributed by atoms with Gasteiger partial charge in [-0.1, -0.05) is 0 Å². The lowest BCUT2D eigenvalue weighted by Crippen LogP contribution is -2.16. The van der Waals surface area contributed by atoms with Gasteiger partial charge in [-0.25, -0.2) is 23.1 Å². The Labute approximate surface area is 123 Å². The highest BCUT2D eigenvalue weighted by Gasteiger charge is 2.23. The summed E-state index contributed by atoms with van der Waals surface area (Å²) in [7, 11) is -0.951. The maximum atomic E-state index is 12.4. The lowest BCUT2D eigenvalue weighted by Gasteiger charge is -2.14. The molecule has 0 aliphatic rings. The van der Waals surface area contributed by atoms with E-state index in [9.17, 15) is 8.42 Å². The van der Waals surface area contributed by atoms with Gasteiger partial charge in [0.25, 0.3) is 10.0 Å². The van der Waals surface area contributed by atoms with Crippen LogP contribution in [0, 0.1) is 6.92 Å². The maximum absolute atomic E-state index is 12.4. The van der Waals surface area contributed by atoms with E-state index in [1.165, 1.54) is 32.7 Å². The second-order valence-corrected chi connectivity index (χ2v) is 5.75. The van der Waals surface area contributed by atoms with E-state index >= 15 is 0 Å². The number of methoxy groups -OCH3 is 2. The summed E-state index contributed by atoms with van der Waals surface area (Å²) in [6, 6.07) is 4.57. The normalized spacial score (nSPS) is 11.0. The van der Waals surface area contributed by atoms with Gasteiger partial charge >= 0.3 is 0 Å². The number of sulfonamides is 1. The molecule has 0 spiro atoms. The summed E-state index contributed by atoms with van der Waals surface area (Å²) in [6.45, 7) is 1.72. The molecule has 0 atom stereocenters. The van der Waals surface area contributed by atoms with Gasteiger partial charge < -0.3 is 9.47 Å². The predicted octanol–water partition coefficient (Wildman–Crippen LogP) is 1.60. The average molecular weight is 309 g/mol. The van der Waals surface area contributed by atoms with Gasteiger partial charge in [-0.3, -0.25) is 0 Å². The molecule has 21 heavy (non-hydrogen) atoms. The summed E-state index contributed by atoms with van der Waals surface area (Å²) >= 11 is 0. The fourth-order valence-electron chi connectivity index (χ4n) is 1.86. The van der Waals surface area contributed by atoms with Crippen LogP contribution < -0.4 is 14.2 Å². The van der Waals surface area contributed by atoms with Crippen molar-refractivity contribution >= 4 is 16.0 Å². The van der Waals surface area contributed by atoms with Crippen molar-refractivity contribution in [1.29, 1.82) is 0 Å². The Balaban J connectivity index is 2.48. The number of hydrogen-bond donors (Lipinski definition) is 1. The Bertz CT molecular complexity index is 733. The van der Waals surface area contributed by atoms with Crippen LogP contribution in [-0.2, 0) is 10.0 Å². The Kier molecular flexibility index (Phi) is 4.27. The summed E-state index contributed by atoms with van der Waals surface area (Å²) in [4.78, 5) is 7.66. The van der Waals surface area contributed by atoms with Crippen LogP contribution in [0.25, 0.3) is 0 Å². The first-order valence-electron chi connectivity index (χ1n) is 6.01. The SMILES string of the molecule is COc1ccc(S(=O)(=O)Nc2ncccn2)c(OC)c1C. The zero-order valence-corrected chi connectivity index (χ0v) is 12.6. The van der Waals surface area contributed by atoms with E-state index < -0.39 is 10.0 Å². The molecular weight excluding hydrogens is 294 g/mol. The summed E-state index contributed by atoms with van der Waals surface area (Å²) in [5, 5.41) is 0. The van der Waals surface area contributed by atoms with Gasteiger partial charge in [0.05, 0.1) is 14.2 Å². The minimum atomic E-state index is -3.86. The third-order valence-corrected chi connectivity index (χ3v) is 4.18. The molecule has 0 fully saturated rings. The van der Waals surface area contributed by atoms with Crippen molar-refractivity contribution in [2.75, 3.05) is 18.9 Å². The minimum Gasteiger partial charge on any atom is -0.496 e. The molecule has 7 nitrogen and oxygen atoms in total. The third-order valence-electron chi connectivity index (χ3n) is 2.83. The van der Waals surface area contributed by atoms with Gasteiger partial charge in [-0.05, 0) is 25.1 Å². The molecular formula is C13H15N3O4S. The van der Waals surface area contributed by atoms with E-state index in [0.29, 0.717) is 11.3 Å². The van der Waals surface area contributed by atoms with Crippen molar-refractivity contribution in [2.45, 2.75) is 11.8 Å². The second-order valence-electron chi connectivity index (χ2n) is 4.10. The van der Waals surface area contributed by atoms with Crippen LogP contribution in [0.2, 0.25) is 0 Å². The molecule has 1 aromatic carbocycles. The summed E-state index contributed by atoms with van der Waals surface area (Å²) in [5.74, 6) is 0.757. The Hall–Kier alpha value is -2.35. The monoisotopic (exact) mass is 309 g/mol. The van der Waals surface area contributed by atoms with Crippen LogP contribution in [0.15, 0.2) is 35.5 Å². The smallest absolute Gasteiger partial charge is 0.267 e. The van der Waals surface area contributed by atoms with Gasteiger partial charge in [-0.15, -0.1) is 0 Å². The van der Waals surface area contributed by atoms with E-state index in [1.807, 2.05) is 0 Å². The first kappa shape index (κ1) is 15.0. The van der Waals surface area contributed by atoms with Crippen molar-refractivity contribution in [2.24, 2.45) is 0 Å². The third kappa shape index (κ3) is 3.05. The lowest BCUT2D eigenvalue weighted by molar-refractivity contribution is 0.380. The van der Waals surface area contributed by atoms with Crippen LogP contribution in [0.5, 0.6) is 11.5 Å². The number of hydrogen-bond acceptors (Lipinski definition) is 6. The average Bonchev–Trinajstić information content (AvgIpc) is 2.47.